The number of aryl methyl sites for hydroxylation is 1. The maximum Gasteiger partial charge on any atom is 0.242 e. The van der Waals surface area contributed by atoms with E-state index < -0.39 is 0 Å². The molecule has 0 radical (unpaired) electrons. The van der Waals surface area contributed by atoms with Gasteiger partial charge in [-0.25, -0.2) is 0 Å². The quantitative estimate of drug-likeness (QED) is 0.878. The molecule has 110 valence electrons. The minimum absolute atomic E-state index is 0.0113. The van der Waals surface area contributed by atoms with Gasteiger partial charge in [0.15, 0.2) is 0 Å². The average molecular weight is 284 g/mol. The van der Waals surface area contributed by atoms with Gasteiger partial charge in [-0.3, -0.25) is 9.59 Å². The lowest BCUT2D eigenvalue weighted by molar-refractivity contribution is -0.125. The van der Waals surface area contributed by atoms with Crippen molar-refractivity contribution in [3.63, 3.8) is 0 Å². The first-order chi connectivity index (χ1) is 10.2. The van der Waals surface area contributed by atoms with Crippen molar-refractivity contribution >= 4 is 11.8 Å². The predicted molar refractivity (Wildman–Crippen MR) is 78.7 cm³/mol. The molecule has 1 aromatic rings. The highest BCUT2D eigenvalue weighted by Crippen LogP contribution is 2.61. The van der Waals surface area contributed by atoms with E-state index in [1.54, 1.807) is 0 Å². The van der Waals surface area contributed by atoms with Gasteiger partial charge in [0.05, 0.1) is 0 Å². The van der Waals surface area contributed by atoms with Gasteiger partial charge in [0.2, 0.25) is 11.8 Å². The van der Waals surface area contributed by atoms with Crippen LogP contribution in [0.3, 0.4) is 0 Å². The third kappa shape index (κ3) is 2.04. The van der Waals surface area contributed by atoms with Crippen molar-refractivity contribution in [2.75, 3.05) is 6.54 Å². The molecule has 1 spiro atoms. The number of carbonyl (C=O) groups is 2. The van der Waals surface area contributed by atoms with Gasteiger partial charge in [-0.2, -0.15) is 0 Å². The minimum atomic E-state index is -0.317. The van der Waals surface area contributed by atoms with Crippen molar-refractivity contribution in [1.29, 1.82) is 0 Å². The van der Waals surface area contributed by atoms with Gasteiger partial charge in [-0.15, -0.1) is 0 Å². The number of hydrogen-bond acceptors (Lipinski definition) is 2. The second-order valence-corrected chi connectivity index (χ2v) is 6.62. The molecule has 2 aliphatic carbocycles. The van der Waals surface area contributed by atoms with Crippen LogP contribution in [-0.4, -0.2) is 24.4 Å². The topological polar surface area (TPSA) is 58.2 Å². The Kier molecular flexibility index (Phi) is 2.81. The maximum atomic E-state index is 12.0. The zero-order chi connectivity index (χ0) is 14.4. The highest BCUT2D eigenvalue weighted by atomic mass is 16.2. The SMILES string of the molecule is O=C1CC[C@H](C(=O)NC[C@H]2C[C@@]23CCc2ccccc23)N1. The Bertz CT molecular complexity index is 613. The van der Waals surface area contributed by atoms with Crippen LogP contribution in [0.4, 0.5) is 0 Å². The van der Waals surface area contributed by atoms with Crippen LogP contribution in [0.5, 0.6) is 0 Å². The molecule has 2 fully saturated rings. The van der Waals surface area contributed by atoms with E-state index in [0.717, 1.165) is 6.54 Å². The summed E-state index contributed by atoms with van der Waals surface area (Å²) >= 11 is 0. The van der Waals surface area contributed by atoms with Gasteiger partial charge in [0.25, 0.3) is 0 Å². The molecular formula is C17H20N2O2. The Labute approximate surface area is 124 Å². The largest absolute Gasteiger partial charge is 0.354 e. The summed E-state index contributed by atoms with van der Waals surface area (Å²) < 4.78 is 0. The Morgan fingerprint density at radius 2 is 2.19 bits per heavy atom. The standard InChI is InChI=1S/C17H20N2O2/c20-15-6-5-14(19-15)16(21)18-10-12-9-17(12)8-7-11-3-1-2-4-13(11)17/h1-4,12,14H,5-10H2,(H,18,21)(H,19,20)/t12-,14-,17+/m1/s1. The molecular weight excluding hydrogens is 264 g/mol. The molecule has 0 unspecified atom stereocenters. The summed E-state index contributed by atoms with van der Waals surface area (Å²) in [6.07, 6.45) is 4.66. The van der Waals surface area contributed by atoms with Gasteiger partial charge in [0, 0.05) is 18.4 Å². The highest BCUT2D eigenvalue weighted by Gasteiger charge is 2.57. The molecule has 3 atom stereocenters. The zero-order valence-electron chi connectivity index (χ0n) is 12.0. The number of carbonyl (C=O) groups excluding carboxylic acids is 2. The lowest BCUT2D eigenvalue weighted by atomic mass is 9.95. The van der Waals surface area contributed by atoms with E-state index in [1.807, 2.05) is 0 Å². The van der Waals surface area contributed by atoms with E-state index in [0.29, 0.717) is 24.2 Å². The molecule has 2 amide bonds. The van der Waals surface area contributed by atoms with Crippen molar-refractivity contribution in [1.82, 2.24) is 10.6 Å². The fourth-order valence-corrected chi connectivity index (χ4v) is 4.16. The molecule has 3 aliphatic rings. The van der Waals surface area contributed by atoms with E-state index in [2.05, 4.69) is 34.9 Å². The molecule has 4 rings (SSSR count). The van der Waals surface area contributed by atoms with Crippen LogP contribution >= 0.6 is 0 Å². The van der Waals surface area contributed by atoms with Crippen LogP contribution in [0.25, 0.3) is 0 Å². The second-order valence-electron chi connectivity index (χ2n) is 6.62. The van der Waals surface area contributed by atoms with Gasteiger partial charge in [0.1, 0.15) is 6.04 Å². The smallest absolute Gasteiger partial charge is 0.242 e. The van der Waals surface area contributed by atoms with Crippen LogP contribution in [0, 0.1) is 5.92 Å². The molecule has 4 heteroatoms. The number of fused-ring (bicyclic) bond motifs is 2. The summed E-state index contributed by atoms with van der Waals surface area (Å²) in [6.45, 7) is 0.736. The number of nitrogens with one attached hydrogen (secondary N) is 2. The predicted octanol–water partition coefficient (Wildman–Crippen LogP) is 1.29. The van der Waals surface area contributed by atoms with Crippen molar-refractivity contribution in [3.8, 4) is 0 Å². The summed E-state index contributed by atoms with van der Waals surface area (Å²) in [5.74, 6) is 0.527. The Morgan fingerprint density at radius 1 is 1.33 bits per heavy atom. The van der Waals surface area contributed by atoms with E-state index in [1.165, 1.54) is 30.4 Å². The molecule has 21 heavy (non-hydrogen) atoms. The molecule has 0 bridgehead atoms. The van der Waals surface area contributed by atoms with Crippen molar-refractivity contribution in [2.45, 2.75) is 43.6 Å². The number of rotatable bonds is 3. The van der Waals surface area contributed by atoms with Crippen LogP contribution in [0.2, 0.25) is 0 Å². The van der Waals surface area contributed by atoms with Gasteiger partial charge < -0.3 is 10.6 Å². The third-order valence-corrected chi connectivity index (χ3v) is 5.46. The third-order valence-electron chi connectivity index (χ3n) is 5.46. The van der Waals surface area contributed by atoms with Gasteiger partial charge in [-0.05, 0) is 42.7 Å². The van der Waals surface area contributed by atoms with E-state index in [9.17, 15) is 9.59 Å². The average Bonchev–Trinajstić information content (AvgIpc) is 2.81. The van der Waals surface area contributed by atoms with Crippen molar-refractivity contribution in [3.05, 3.63) is 35.4 Å². The molecule has 0 aromatic heterocycles. The normalized spacial score (nSPS) is 32.9. The van der Waals surface area contributed by atoms with Crippen LogP contribution in [0.1, 0.15) is 36.8 Å². The molecule has 1 saturated heterocycles. The lowest BCUT2D eigenvalue weighted by Crippen LogP contribution is -2.42. The molecule has 1 aromatic carbocycles. The number of benzene rings is 1. The first-order valence-corrected chi connectivity index (χ1v) is 7.84. The van der Waals surface area contributed by atoms with Crippen molar-refractivity contribution < 1.29 is 9.59 Å². The summed E-state index contributed by atoms with van der Waals surface area (Å²) in [5.41, 5.74) is 3.30. The fraction of sp³-hybridized carbons (Fsp3) is 0.529. The van der Waals surface area contributed by atoms with E-state index in [4.69, 9.17) is 0 Å². The van der Waals surface area contributed by atoms with Crippen molar-refractivity contribution in [2.24, 2.45) is 5.92 Å². The molecule has 1 saturated carbocycles. The molecule has 4 nitrogen and oxygen atoms in total. The number of hydrogen-bond donors (Lipinski definition) is 2. The monoisotopic (exact) mass is 284 g/mol. The summed E-state index contributed by atoms with van der Waals surface area (Å²) in [5, 5.41) is 5.76. The zero-order valence-corrected chi connectivity index (χ0v) is 12.0. The van der Waals surface area contributed by atoms with Crippen LogP contribution in [0.15, 0.2) is 24.3 Å². The maximum absolute atomic E-state index is 12.0. The first kappa shape index (κ1) is 12.9. The van der Waals surface area contributed by atoms with Gasteiger partial charge >= 0.3 is 0 Å². The minimum Gasteiger partial charge on any atom is -0.354 e. The lowest BCUT2D eigenvalue weighted by Gasteiger charge is -2.14. The molecule has 2 N–H and O–H groups in total. The summed E-state index contributed by atoms with van der Waals surface area (Å²) in [7, 11) is 0. The van der Waals surface area contributed by atoms with E-state index >= 15 is 0 Å². The second kappa shape index (κ2) is 4.58. The Morgan fingerprint density at radius 3 is 3.00 bits per heavy atom. The molecule has 1 heterocycles. The van der Waals surface area contributed by atoms with E-state index in [-0.39, 0.29) is 17.9 Å². The first-order valence-electron chi connectivity index (χ1n) is 7.84. The Hall–Kier alpha value is -1.84. The van der Waals surface area contributed by atoms with Gasteiger partial charge in [-0.1, -0.05) is 24.3 Å². The molecule has 1 aliphatic heterocycles. The number of amides is 2. The summed E-state index contributed by atoms with van der Waals surface area (Å²) in [6, 6.07) is 8.39. The van der Waals surface area contributed by atoms with Crippen LogP contribution < -0.4 is 10.6 Å². The highest BCUT2D eigenvalue weighted by molar-refractivity contribution is 5.90. The Balaban J connectivity index is 1.36. The fourth-order valence-electron chi connectivity index (χ4n) is 4.16. The van der Waals surface area contributed by atoms with Crippen LogP contribution in [-0.2, 0) is 21.4 Å². The summed E-state index contributed by atoms with van der Waals surface area (Å²) in [4.78, 5) is 23.2.